The average Bonchev–Trinajstić information content (AvgIpc) is 2.74. The molecule has 0 aliphatic heterocycles. The molecule has 0 radical (unpaired) electrons. The standard InChI is InChI=1S/C26H35BrN2O3/c1-18(2)15-28-25(31)19(3)29(16-20-11-13-21(27)14-12-20)24(30)17-32-23-10-8-7-9-22(23)26(4,5)6/h7-14,18-19H,15-17H2,1-6H3,(H,28,31). The van der Waals surface area contributed by atoms with Gasteiger partial charge in [-0.15, -0.1) is 0 Å². The Hall–Kier alpha value is -2.34. The maximum Gasteiger partial charge on any atom is 0.261 e. The van der Waals surface area contributed by atoms with Gasteiger partial charge in [0.1, 0.15) is 11.8 Å². The minimum Gasteiger partial charge on any atom is -0.483 e. The zero-order valence-electron chi connectivity index (χ0n) is 19.9. The zero-order chi connectivity index (χ0) is 23.9. The van der Waals surface area contributed by atoms with Crippen LogP contribution in [0.4, 0.5) is 0 Å². The van der Waals surface area contributed by atoms with Crippen LogP contribution in [0.1, 0.15) is 52.7 Å². The number of nitrogens with zero attached hydrogens (tertiary/aromatic N) is 1. The second-order valence-electron chi connectivity index (χ2n) is 9.50. The smallest absolute Gasteiger partial charge is 0.261 e. The minimum atomic E-state index is -0.619. The van der Waals surface area contributed by atoms with E-state index >= 15 is 0 Å². The molecule has 0 saturated carbocycles. The van der Waals surface area contributed by atoms with Crippen molar-refractivity contribution in [3.63, 3.8) is 0 Å². The van der Waals surface area contributed by atoms with Gasteiger partial charge in [0.2, 0.25) is 5.91 Å². The summed E-state index contributed by atoms with van der Waals surface area (Å²) in [5.41, 5.74) is 1.87. The van der Waals surface area contributed by atoms with Gasteiger partial charge in [-0.3, -0.25) is 9.59 Å². The molecule has 32 heavy (non-hydrogen) atoms. The van der Waals surface area contributed by atoms with E-state index < -0.39 is 6.04 Å². The van der Waals surface area contributed by atoms with Gasteiger partial charge < -0.3 is 15.0 Å². The summed E-state index contributed by atoms with van der Waals surface area (Å²) in [7, 11) is 0. The van der Waals surface area contributed by atoms with E-state index in [4.69, 9.17) is 4.74 Å². The molecule has 6 heteroatoms. The van der Waals surface area contributed by atoms with Crippen LogP contribution in [0.5, 0.6) is 5.75 Å². The fourth-order valence-electron chi connectivity index (χ4n) is 3.26. The van der Waals surface area contributed by atoms with E-state index in [-0.39, 0.29) is 23.8 Å². The van der Waals surface area contributed by atoms with Crippen LogP contribution in [0.2, 0.25) is 0 Å². The highest BCUT2D eigenvalue weighted by Crippen LogP contribution is 2.31. The predicted molar refractivity (Wildman–Crippen MR) is 133 cm³/mol. The normalized spacial score (nSPS) is 12.4. The fraction of sp³-hybridized carbons (Fsp3) is 0.462. The third-order valence-electron chi connectivity index (χ3n) is 5.16. The van der Waals surface area contributed by atoms with E-state index in [0.29, 0.717) is 24.8 Å². The Morgan fingerprint density at radius 3 is 2.25 bits per heavy atom. The molecule has 0 aromatic heterocycles. The summed E-state index contributed by atoms with van der Waals surface area (Å²) in [6.45, 7) is 12.9. The monoisotopic (exact) mass is 502 g/mol. The largest absolute Gasteiger partial charge is 0.483 e. The molecule has 1 N–H and O–H groups in total. The van der Waals surface area contributed by atoms with Crippen LogP contribution in [0, 0.1) is 5.92 Å². The lowest BCUT2D eigenvalue weighted by Crippen LogP contribution is -2.49. The molecular formula is C26H35BrN2O3. The summed E-state index contributed by atoms with van der Waals surface area (Å²) in [6, 6.07) is 14.9. The van der Waals surface area contributed by atoms with Crippen LogP contribution in [-0.2, 0) is 21.5 Å². The first-order valence-corrected chi connectivity index (χ1v) is 11.8. The number of para-hydroxylation sites is 1. The highest BCUT2D eigenvalue weighted by Gasteiger charge is 2.27. The van der Waals surface area contributed by atoms with Gasteiger partial charge in [-0.2, -0.15) is 0 Å². The zero-order valence-corrected chi connectivity index (χ0v) is 21.5. The molecule has 0 aliphatic rings. The summed E-state index contributed by atoms with van der Waals surface area (Å²) in [4.78, 5) is 27.6. The van der Waals surface area contributed by atoms with Crippen LogP contribution < -0.4 is 10.1 Å². The summed E-state index contributed by atoms with van der Waals surface area (Å²) in [6.07, 6.45) is 0. The van der Waals surface area contributed by atoms with Crippen LogP contribution in [0.15, 0.2) is 53.0 Å². The lowest BCUT2D eigenvalue weighted by Gasteiger charge is -2.29. The number of carbonyl (C=O) groups excluding carboxylic acids is 2. The highest BCUT2D eigenvalue weighted by molar-refractivity contribution is 9.10. The third kappa shape index (κ3) is 7.66. The Bertz CT molecular complexity index is 904. The number of halogens is 1. The maximum atomic E-state index is 13.2. The highest BCUT2D eigenvalue weighted by atomic mass is 79.9. The van der Waals surface area contributed by atoms with Gasteiger partial charge in [-0.25, -0.2) is 0 Å². The molecule has 0 heterocycles. The second kappa shape index (κ2) is 11.5. The quantitative estimate of drug-likeness (QED) is 0.504. The van der Waals surface area contributed by atoms with E-state index in [0.717, 1.165) is 15.6 Å². The number of rotatable bonds is 9. The molecule has 0 saturated heterocycles. The van der Waals surface area contributed by atoms with Crippen LogP contribution >= 0.6 is 15.9 Å². The van der Waals surface area contributed by atoms with E-state index in [2.05, 4.69) is 42.0 Å². The number of carbonyl (C=O) groups is 2. The molecule has 2 aromatic carbocycles. The van der Waals surface area contributed by atoms with Crippen molar-refractivity contribution in [2.75, 3.05) is 13.2 Å². The molecular weight excluding hydrogens is 468 g/mol. The summed E-state index contributed by atoms with van der Waals surface area (Å²) < 4.78 is 6.92. The second-order valence-corrected chi connectivity index (χ2v) is 10.4. The van der Waals surface area contributed by atoms with E-state index in [1.54, 1.807) is 11.8 Å². The van der Waals surface area contributed by atoms with Crippen LogP contribution in [-0.4, -0.2) is 35.9 Å². The summed E-state index contributed by atoms with van der Waals surface area (Å²) in [5.74, 6) is 0.621. The number of ether oxygens (including phenoxy) is 1. The molecule has 174 valence electrons. The van der Waals surface area contributed by atoms with Crippen molar-refractivity contribution in [1.82, 2.24) is 10.2 Å². The lowest BCUT2D eigenvalue weighted by molar-refractivity contribution is -0.142. The Morgan fingerprint density at radius 2 is 1.66 bits per heavy atom. The first kappa shape index (κ1) is 25.9. The Morgan fingerprint density at radius 1 is 1.03 bits per heavy atom. The average molecular weight is 503 g/mol. The first-order chi connectivity index (χ1) is 15.0. The molecule has 0 bridgehead atoms. The molecule has 5 nitrogen and oxygen atoms in total. The van der Waals surface area contributed by atoms with Gasteiger partial charge in [0, 0.05) is 17.6 Å². The van der Waals surface area contributed by atoms with Crippen molar-refractivity contribution in [1.29, 1.82) is 0 Å². The Balaban J connectivity index is 2.20. The minimum absolute atomic E-state index is 0.110. The fourth-order valence-corrected chi connectivity index (χ4v) is 3.52. The van der Waals surface area contributed by atoms with Crippen molar-refractivity contribution < 1.29 is 14.3 Å². The van der Waals surface area contributed by atoms with Crippen LogP contribution in [0.3, 0.4) is 0 Å². The number of amides is 2. The Kier molecular flexibility index (Phi) is 9.32. The van der Waals surface area contributed by atoms with Crippen molar-refractivity contribution >= 4 is 27.7 Å². The number of hydrogen-bond donors (Lipinski definition) is 1. The van der Waals surface area contributed by atoms with Gasteiger partial charge in [0.25, 0.3) is 5.91 Å². The maximum absolute atomic E-state index is 13.2. The van der Waals surface area contributed by atoms with Crippen molar-refractivity contribution in [3.05, 3.63) is 64.1 Å². The number of hydrogen-bond acceptors (Lipinski definition) is 3. The molecule has 2 aromatic rings. The van der Waals surface area contributed by atoms with Crippen molar-refractivity contribution in [2.45, 2.75) is 59.5 Å². The number of nitrogens with one attached hydrogen (secondary N) is 1. The molecule has 0 aliphatic carbocycles. The van der Waals surface area contributed by atoms with Gasteiger partial charge >= 0.3 is 0 Å². The number of benzene rings is 2. The van der Waals surface area contributed by atoms with Gasteiger partial charge in [-0.1, -0.05) is 80.9 Å². The molecule has 2 amide bonds. The topological polar surface area (TPSA) is 58.6 Å². The van der Waals surface area contributed by atoms with Gasteiger partial charge in [0.05, 0.1) is 0 Å². The molecule has 0 fully saturated rings. The third-order valence-corrected chi connectivity index (χ3v) is 5.69. The molecule has 2 rings (SSSR count). The lowest BCUT2D eigenvalue weighted by atomic mass is 9.86. The summed E-state index contributed by atoms with van der Waals surface area (Å²) >= 11 is 3.44. The SMILES string of the molecule is CC(C)CNC(=O)C(C)N(Cc1ccc(Br)cc1)C(=O)COc1ccccc1C(C)(C)C. The van der Waals surface area contributed by atoms with E-state index in [1.165, 1.54) is 0 Å². The van der Waals surface area contributed by atoms with Gasteiger partial charge in [-0.05, 0) is 47.6 Å². The van der Waals surface area contributed by atoms with Crippen molar-refractivity contribution in [3.8, 4) is 5.75 Å². The van der Waals surface area contributed by atoms with E-state index in [9.17, 15) is 9.59 Å². The Labute approximate surface area is 200 Å². The van der Waals surface area contributed by atoms with Crippen molar-refractivity contribution in [2.24, 2.45) is 5.92 Å². The molecule has 1 unspecified atom stereocenters. The summed E-state index contributed by atoms with van der Waals surface area (Å²) in [5, 5.41) is 2.93. The van der Waals surface area contributed by atoms with E-state index in [1.807, 2.05) is 62.4 Å². The predicted octanol–water partition coefficient (Wildman–Crippen LogP) is 5.31. The van der Waals surface area contributed by atoms with Gasteiger partial charge in [0.15, 0.2) is 6.61 Å². The molecule has 0 spiro atoms. The van der Waals surface area contributed by atoms with Crippen LogP contribution in [0.25, 0.3) is 0 Å². The molecule has 1 atom stereocenters. The first-order valence-electron chi connectivity index (χ1n) is 11.0.